The maximum absolute atomic E-state index is 13.0. The van der Waals surface area contributed by atoms with Crippen LogP contribution in [0.3, 0.4) is 0 Å². The molecule has 2 heterocycles. The SMILES string of the molecule is CCC(C)C(NC(=O)C(N)Cc1cnc[nH]1)C(=O)NC(CO)C(=O)NC(Cc1cnc[nH]1)C(=O)O. The number of amides is 3. The molecule has 0 bridgehead atoms. The first-order valence-electron chi connectivity index (χ1n) is 11.1. The smallest absolute Gasteiger partial charge is 0.326 e. The van der Waals surface area contributed by atoms with Crippen LogP contribution in [-0.4, -0.2) is 84.6 Å². The Bertz CT molecular complexity index is 965. The number of aliphatic carboxylic acids is 1. The summed E-state index contributed by atoms with van der Waals surface area (Å²) in [6, 6.07) is -4.75. The van der Waals surface area contributed by atoms with Crippen LogP contribution >= 0.6 is 0 Å². The van der Waals surface area contributed by atoms with Crippen molar-refractivity contribution in [2.75, 3.05) is 6.61 Å². The molecule has 2 rings (SSSR count). The summed E-state index contributed by atoms with van der Waals surface area (Å²) in [5, 5.41) is 26.4. The van der Waals surface area contributed by atoms with E-state index in [0.717, 1.165) is 0 Å². The quantitative estimate of drug-likeness (QED) is 0.143. The third-order valence-electron chi connectivity index (χ3n) is 5.53. The number of hydrogen-bond acceptors (Lipinski definition) is 8. The molecule has 0 aliphatic carbocycles. The molecule has 14 nitrogen and oxygen atoms in total. The van der Waals surface area contributed by atoms with Gasteiger partial charge in [-0.1, -0.05) is 20.3 Å². The standard InChI is InChI=1S/C21H32N8O6/c1-3-11(2)17(29-18(31)14(22)4-12-6-23-9-25-12)20(33)28-16(8-30)19(32)27-15(21(34)35)5-13-7-24-10-26-13/h6-7,9-11,14-17,30H,3-5,8,22H2,1-2H3,(H,23,25)(H,24,26)(H,27,32)(H,28,33)(H,29,31)(H,34,35). The maximum atomic E-state index is 13.0. The Labute approximate surface area is 201 Å². The first-order valence-corrected chi connectivity index (χ1v) is 11.1. The van der Waals surface area contributed by atoms with E-state index in [9.17, 15) is 29.4 Å². The van der Waals surface area contributed by atoms with Crippen LogP contribution in [0.25, 0.3) is 0 Å². The first-order chi connectivity index (χ1) is 16.7. The van der Waals surface area contributed by atoms with Crippen LogP contribution in [0.1, 0.15) is 31.7 Å². The summed E-state index contributed by atoms with van der Waals surface area (Å²) < 4.78 is 0. The van der Waals surface area contributed by atoms with Gasteiger partial charge in [0.25, 0.3) is 0 Å². The Hall–Kier alpha value is -3.78. The predicted molar refractivity (Wildman–Crippen MR) is 123 cm³/mol. The number of aromatic amines is 2. The molecule has 0 aliphatic heterocycles. The highest BCUT2D eigenvalue weighted by atomic mass is 16.4. The van der Waals surface area contributed by atoms with Gasteiger partial charge in [0.1, 0.15) is 18.1 Å². The van der Waals surface area contributed by atoms with E-state index >= 15 is 0 Å². The fraction of sp³-hybridized carbons (Fsp3) is 0.524. The second-order valence-corrected chi connectivity index (χ2v) is 8.18. The minimum Gasteiger partial charge on any atom is -0.480 e. The summed E-state index contributed by atoms with van der Waals surface area (Å²) in [4.78, 5) is 63.0. The van der Waals surface area contributed by atoms with Gasteiger partial charge in [0, 0.05) is 36.6 Å². The molecule has 192 valence electrons. The molecule has 0 aromatic carbocycles. The average Bonchev–Trinajstić information content (AvgIpc) is 3.53. The van der Waals surface area contributed by atoms with Gasteiger partial charge in [0.05, 0.1) is 25.3 Å². The zero-order chi connectivity index (χ0) is 26.0. The second kappa shape index (κ2) is 13.2. The molecule has 0 saturated heterocycles. The lowest BCUT2D eigenvalue weighted by molar-refractivity contribution is -0.142. The van der Waals surface area contributed by atoms with Gasteiger partial charge < -0.3 is 41.9 Å². The van der Waals surface area contributed by atoms with Crippen LogP contribution in [0.2, 0.25) is 0 Å². The van der Waals surface area contributed by atoms with Crippen molar-refractivity contribution in [3.05, 3.63) is 36.4 Å². The molecular formula is C21H32N8O6. The second-order valence-electron chi connectivity index (χ2n) is 8.18. The maximum Gasteiger partial charge on any atom is 0.326 e. The third-order valence-corrected chi connectivity index (χ3v) is 5.53. The molecule has 2 aromatic rings. The summed E-state index contributed by atoms with van der Waals surface area (Å²) in [5.41, 5.74) is 7.08. The number of carbonyl (C=O) groups excluding carboxylic acids is 3. The molecule has 9 N–H and O–H groups in total. The Morgan fingerprint density at radius 1 is 0.943 bits per heavy atom. The predicted octanol–water partition coefficient (Wildman–Crippen LogP) is -2.18. The van der Waals surface area contributed by atoms with Crippen LogP contribution in [-0.2, 0) is 32.0 Å². The Balaban J connectivity index is 2.03. The summed E-state index contributed by atoms with van der Waals surface area (Å²) >= 11 is 0. The van der Waals surface area contributed by atoms with Crippen LogP contribution in [0.4, 0.5) is 0 Å². The van der Waals surface area contributed by atoms with E-state index < -0.39 is 54.5 Å². The number of nitrogens with two attached hydrogens (primary N) is 1. The summed E-state index contributed by atoms with van der Waals surface area (Å²) in [5.74, 6) is -3.80. The van der Waals surface area contributed by atoms with Gasteiger partial charge in [-0.3, -0.25) is 14.4 Å². The number of imidazole rings is 2. The number of hydrogen-bond donors (Lipinski definition) is 8. The molecule has 14 heteroatoms. The number of aliphatic hydroxyl groups excluding tert-OH is 1. The van der Waals surface area contributed by atoms with Gasteiger partial charge in [0.15, 0.2) is 0 Å². The van der Waals surface area contributed by atoms with Crippen molar-refractivity contribution < 1.29 is 29.4 Å². The van der Waals surface area contributed by atoms with Crippen LogP contribution in [0.5, 0.6) is 0 Å². The van der Waals surface area contributed by atoms with E-state index in [1.165, 1.54) is 25.0 Å². The number of rotatable bonds is 14. The molecule has 0 radical (unpaired) electrons. The zero-order valence-corrected chi connectivity index (χ0v) is 19.5. The Morgan fingerprint density at radius 2 is 1.51 bits per heavy atom. The van der Waals surface area contributed by atoms with Crippen LogP contribution in [0, 0.1) is 5.92 Å². The van der Waals surface area contributed by atoms with Crippen molar-refractivity contribution in [1.29, 1.82) is 0 Å². The highest BCUT2D eigenvalue weighted by Crippen LogP contribution is 2.10. The lowest BCUT2D eigenvalue weighted by Gasteiger charge is -2.27. The topological polar surface area (TPSA) is 228 Å². The minimum absolute atomic E-state index is 0.0764. The zero-order valence-electron chi connectivity index (χ0n) is 19.5. The molecule has 0 aliphatic rings. The van der Waals surface area contributed by atoms with E-state index in [0.29, 0.717) is 17.8 Å². The number of carboxylic acids is 1. The molecular weight excluding hydrogens is 460 g/mol. The van der Waals surface area contributed by atoms with E-state index in [2.05, 4.69) is 35.9 Å². The monoisotopic (exact) mass is 492 g/mol. The van der Waals surface area contributed by atoms with Gasteiger partial charge in [-0.05, 0) is 5.92 Å². The van der Waals surface area contributed by atoms with Crippen molar-refractivity contribution in [1.82, 2.24) is 35.9 Å². The molecule has 3 amide bonds. The lowest BCUT2D eigenvalue weighted by atomic mass is 9.97. The average molecular weight is 493 g/mol. The van der Waals surface area contributed by atoms with Crippen molar-refractivity contribution in [2.24, 2.45) is 11.7 Å². The molecule has 35 heavy (non-hydrogen) atoms. The summed E-state index contributed by atoms with van der Waals surface area (Å²) in [6.07, 6.45) is 6.41. The van der Waals surface area contributed by atoms with Crippen LogP contribution < -0.4 is 21.7 Å². The third kappa shape index (κ3) is 8.19. The summed E-state index contributed by atoms with van der Waals surface area (Å²) in [6.45, 7) is 2.78. The number of nitrogens with one attached hydrogen (secondary N) is 5. The summed E-state index contributed by atoms with van der Waals surface area (Å²) in [7, 11) is 0. The van der Waals surface area contributed by atoms with Crippen molar-refractivity contribution in [3.63, 3.8) is 0 Å². The van der Waals surface area contributed by atoms with E-state index in [4.69, 9.17) is 5.73 Å². The first kappa shape index (κ1) is 27.5. The molecule has 2 aromatic heterocycles. The molecule has 0 fully saturated rings. The fourth-order valence-corrected chi connectivity index (χ4v) is 3.23. The van der Waals surface area contributed by atoms with Crippen molar-refractivity contribution in [3.8, 4) is 0 Å². The van der Waals surface area contributed by atoms with E-state index in [1.807, 2.05) is 6.92 Å². The highest BCUT2D eigenvalue weighted by Gasteiger charge is 2.32. The highest BCUT2D eigenvalue weighted by molar-refractivity contribution is 5.94. The number of H-pyrrole nitrogens is 2. The van der Waals surface area contributed by atoms with Crippen molar-refractivity contribution >= 4 is 23.7 Å². The van der Waals surface area contributed by atoms with Crippen molar-refractivity contribution in [2.45, 2.75) is 57.3 Å². The fourth-order valence-electron chi connectivity index (χ4n) is 3.23. The van der Waals surface area contributed by atoms with Gasteiger partial charge in [-0.15, -0.1) is 0 Å². The molecule has 5 atom stereocenters. The molecule has 0 spiro atoms. The van der Waals surface area contributed by atoms with Gasteiger partial charge in [-0.25, -0.2) is 14.8 Å². The number of nitrogens with zero attached hydrogens (tertiary/aromatic N) is 2. The largest absolute Gasteiger partial charge is 0.480 e. The molecule has 5 unspecified atom stereocenters. The Kier molecular flexibility index (Phi) is 10.4. The number of aromatic nitrogens is 4. The van der Waals surface area contributed by atoms with Gasteiger partial charge in [-0.2, -0.15) is 0 Å². The Morgan fingerprint density at radius 3 is 2.00 bits per heavy atom. The number of carbonyl (C=O) groups is 4. The minimum atomic E-state index is -1.44. The number of aliphatic hydroxyl groups is 1. The van der Waals surface area contributed by atoms with Gasteiger partial charge >= 0.3 is 5.97 Å². The normalized spacial score (nSPS) is 15.3. The number of carboxylic acid groups (broad SMARTS) is 1. The van der Waals surface area contributed by atoms with E-state index in [1.54, 1.807) is 6.92 Å². The van der Waals surface area contributed by atoms with E-state index in [-0.39, 0.29) is 18.8 Å². The van der Waals surface area contributed by atoms with Crippen LogP contribution in [0.15, 0.2) is 25.0 Å². The van der Waals surface area contributed by atoms with Gasteiger partial charge in [0.2, 0.25) is 17.7 Å². The molecule has 0 saturated carbocycles. The lowest BCUT2D eigenvalue weighted by Crippen LogP contribution is -2.59.